The highest BCUT2D eigenvalue weighted by Gasteiger charge is 2.48. The number of fused-ring (bicyclic) bond motifs is 2. The van der Waals surface area contributed by atoms with Crippen LogP contribution < -0.4 is 0 Å². The zero-order chi connectivity index (χ0) is 18.7. The molecule has 2 aromatic carbocycles. The van der Waals surface area contributed by atoms with Gasteiger partial charge in [-0.2, -0.15) is 5.01 Å². The highest BCUT2D eigenvalue weighted by atomic mass is 32.1. The fraction of sp³-hybridized carbons (Fsp3) is 0.105. The van der Waals surface area contributed by atoms with E-state index in [9.17, 15) is 14.4 Å². The molecular formula is C19H12N4O3S. The van der Waals surface area contributed by atoms with Crippen LogP contribution in [0.1, 0.15) is 31.6 Å². The van der Waals surface area contributed by atoms with E-state index in [2.05, 4.69) is 4.98 Å². The number of Topliss-reactive ketones (excluding diaryl/α,β-unsaturated/α-hetero) is 1. The first-order valence-electron chi connectivity index (χ1n) is 8.28. The van der Waals surface area contributed by atoms with Crippen LogP contribution in [0.2, 0.25) is 0 Å². The van der Waals surface area contributed by atoms with Crippen molar-refractivity contribution in [2.24, 2.45) is 0 Å². The van der Waals surface area contributed by atoms with Gasteiger partial charge < -0.3 is 0 Å². The van der Waals surface area contributed by atoms with Crippen molar-refractivity contribution in [2.45, 2.75) is 5.92 Å². The van der Waals surface area contributed by atoms with E-state index >= 15 is 0 Å². The Morgan fingerprint density at radius 1 is 0.963 bits per heavy atom. The van der Waals surface area contributed by atoms with Crippen LogP contribution in [-0.4, -0.2) is 45.0 Å². The lowest BCUT2D eigenvalue weighted by Crippen LogP contribution is -2.47. The SMILES string of the molecule is N=C1C(c2nc3ccccc3s2)C(=O)CN1N1C(=O)c2ccccc2C1=O. The van der Waals surface area contributed by atoms with Crippen molar-refractivity contribution in [1.82, 2.24) is 15.0 Å². The lowest BCUT2D eigenvalue weighted by molar-refractivity contribution is -0.118. The Morgan fingerprint density at radius 3 is 2.26 bits per heavy atom. The highest BCUT2D eigenvalue weighted by Crippen LogP contribution is 2.35. The van der Waals surface area contributed by atoms with Crippen LogP contribution in [0, 0.1) is 5.41 Å². The zero-order valence-corrected chi connectivity index (χ0v) is 14.7. The summed E-state index contributed by atoms with van der Waals surface area (Å²) in [6.07, 6.45) is 0. The number of thiazole rings is 1. The number of hydrazine groups is 1. The van der Waals surface area contributed by atoms with Gasteiger partial charge in [-0.3, -0.25) is 24.8 Å². The van der Waals surface area contributed by atoms with Crippen molar-refractivity contribution >= 4 is 45.0 Å². The van der Waals surface area contributed by atoms with E-state index in [4.69, 9.17) is 5.41 Å². The topological polar surface area (TPSA) is 94.4 Å². The van der Waals surface area contributed by atoms with Crippen LogP contribution in [0.5, 0.6) is 0 Å². The molecule has 2 amide bonds. The number of carbonyl (C=O) groups is 3. The van der Waals surface area contributed by atoms with Gasteiger partial charge in [0.1, 0.15) is 23.3 Å². The molecule has 3 aromatic rings. The zero-order valence-electron chi connectivity index (χ0n) is 13.9. The molecule has 3 heterocycles. The Kier molecular flexibility index (Phi) is 3.26. The van der Waals surface area contributed by atoms with Crippen molar-refractivity contribution in [3.05, 3.63) is 64.7 Å². The summed E-state index contributed by atoms with van der Waals surface area (Å²) >= 11 is 1.35. The van der Waals surface area contributed by atoms with Crippen LogP contribution in [0.4, 0.5) is 0 Å². The highest BCUT2D eigenvalue weighted by molar-refractivity contribution is 7.18. The standard InChI is InChI=1S/C19H12N4O3S/c20-16-15(17-21-12-7-3-4-8-14(12)27-17)13(24)9-22(16)23-18(25)10-5-1-2-6-11(10)19(23)26/h1-8,15,20H,9H2. The second kappa shape index (κ2) is 5.55. The first-order valence-corrected chi connectivity index (χ1v) is 9.10. The molecule has 7 nitrogen and oxygen atoms in total. The average Bonchev–Trinajstić information content (AvgIpc) is 3.29. The van der Waals surface area contributed by atoms with Crippen LogP contribution in [0.3, 0.4) is 0 Å². The number of ketones is 1. The molecule has 0 aliphatic carbocycles. The number of rotatable bonds is 2. The monoisotopic (exact) mass is 376 g/mol. The Balaban J connectivity index is 1.52. The lowest BCUT2D eigenvalue weighted by atomic mass is 10.1. The third-order valence-electron chi connectivity index (χ3n) is 4.75. The van der Waals surface area contributed by atoms with Gasteiger partial charge in [-0.25, -0.2) is 4.98 Å². The minimum absolute atomic E-state index is 0.103. The van der Waals surface area contributed by atoms with E-state index in [0.29, 0.717) is 5.01 Å². The quantitative estimate of drug-likeness (QED) is 0.694. The average molecular weight is 376 g/mol. The van der Waals surface area contributed by atoms with Crippen LogP contribution in [0.15, 0.2) is 48.5 Å². The first kappa shape index (κ1) is 15.8. The summed E-state index contributed by atoms with van der Waals surface area (Å²) in [7, 11) is 0. The number of amides is 2. The largest absolute Gasteiger partial charge is 0.296 e. The Morgan fingerprint density at radius 2 is 1.59 bits per heavy atom. The van der Waals surface area contributed by atoms with Gasteiger partial charge in [-0.15, -0.1) is 11.3 Å². The number of amidine groups is 1. The summed E-state index contributed by atoms with van der Waals surface area (Å²) in [5.41, 5.74) is 1.33. The number of para-hydroxylation sites is 1. The van der Waals surface area contributed by atoms with Crippen molar-refractivity contribution < 1.29 is 14.4 Å². The molecule has 0 radical (unpaired) electrons. The normalized spacial score (nSPS) is 19.5. The number of carbonyl (C=O) groups excluding carboxylic acids is 3. The molecule has 2 aliphatic rings. The maximum Gasteiger partial charge on any atom is 0.280 e. The molecule has 1 atom stereocenters. The van der Waals surface area contributed by atoms with Crippen molar-refractivity contribution in [2.75, 3.05) is 6.54 Å². The predicted octanol–water partition coefficient (Wildman–Crippen LogP) is 2.45. The molecular weight excluding hydrogens is 364 g/mol. The molecule has 5 rings (SSSR count). The predicted molar refractivity (Wildman–Crippen MR) is 98.7 cm³/mol. The Labute approximate surface area is 157 Å². The summed E-state index contributed by atoms with van der Waals surface area (Å²) in [6, 6.07) is 14.0. The van der Waals surface area contributed by atoms with Gasteiger partial charge in [0.25, 0.3) is 11.8 Å². The number of nitrogens with zero attached hydrogens (tertiary/aromatic N) is 3. The minimum Gasteiger partial charge on any atom is -0.296 e. The van der Waals surface area contributed by atoms with E-state index < -0.39 is 17.7 Å². The number of nitrogens with one attached hydrogen (secondary N) is 1. The van der Waals surface area contributed by atoms with E-state index in [1.165, 1.54) is 16.3 Å². The van der Waals surface area contributed by atoms with Crippen LogP contribution >= 0.6 is 11.3 Å². The third-order valence-corrected chi connectivity index (χ3v) is 5.85. The molecule has 0 spiro atoms. The van der Waals surface area contributed by atoms with Crippen molar-refractivity contribution in [1.29, 1.82) is 5.41 Å². The van der Waals surface area contributed by atoms with E-state index in [1.807, 2.05) is 24.3 Å². The second-order valence-electron chi connectivity index (χ2n) is 6.33. The summed E-state index contributed by atoms with van der Waals surface area (Å²) in [5, 5.41) is 11.1. The molecule has 1 aromatic heterocycles. The molecule has 0 saturated carbocycles. The molecule has 1 saturated heterocycles. The van der Waals surface area contributed by atoms with Gasteiger partial charge in [-0.1, -0.05) is 24.3 Å². The smallest absolute Gasteiger partial charge is 0.280 e. The number of benzene rings is 2. The fourth-order valence-electron chi connectivity index (χ4n) is 3.47. The van der Waals surface area contributed by atoms with Crippen LogP contribution in [-0.2, 0) is 4.79 Å². The molecule has 2 aliphatic heterocycles. The van der Waals surface area contributed by atoms with Gasteiger partial charge >= 0.3 is 0 Å². The lowest BCUT2D eigenvalue weighted by Gasteiger charge is -2.26. The van der Waals surface area contributed by atoms with E-state index in [0.717, 1.165) is 15.2 Å². The Hall–Kier alpha value is -3.39. The molecule has 132 valence electrons. The van der Waals surface area contributed by atoms with Gasteiger partial charge in [0, 0.05) is 0 Å². The number of aromatic nitrogens is 1. The van der Waals surface area contributed by atoms with Gasteiger partial charge in [-0.05, 0) is 24.3 Å². The van der Waals surface area contributed by atoms with E-state index in [1.54, 1.807) is 24.3 Å². The minimum atomic E-state index is -0.869. The summed E-state index contributed by atoms with van der Waals surface area (Å²) in [5.74, 6) is -2.26. The molecule has 1 fully saturated rings. The van der Waals surface area contributed by atoms with Crippen molar-refractivity contribution in [3.8, 4) is 0 Å². The second-order valence-corrected chi connectivity index (χ2v) is 7.39. The maximum absolute atomic E-state index is 12.7. The molecule has 1 N–H and O–H groups in total. The molecule has 0 bridgehead atoms. The fourth-order valence-corrected chi connectivity index (χ4v) is 4.56. The van der Waals surface area contributed by atoms with Gasteiger partial charge in [0.15, 0.2) is 5.78 Å². The van der Waals surface area contributed by atoms with Gasteiger partial charge in [0.05, 0.1) is 21.3 Å². The number of hydrogen-bond acceptors (Lipinski definition) is 6. The molecule has 27 heavy (non-hydrogen) atoms. The third kappa shape index (κ3) is 2.16. The number of hydrogen-bond donors (Lipinski definition) is 1. The van der Waals surface area contributed by atoms with Crippen LogP contribution in [0.25, 0.3) is 10.2 Å². The molecule has 1 unspecified atom stereocenters. The summed E-state index contributed by atoms with van der Waals surface area (Å²) < 4.78 is 0.923. The Bertz CT molecular complexity index is 1100. The van der Waals surface area contributed by atoms with Crippen molar-refractivity contribution in [3.63, 3.8) is 0 Å². The first-order chi connectivity index (χ1) is 13.1. The summed E-state index contributed by atoms with van der Waals surface area (Å²) in [6.45, 7) is -0.203. The number of imide groups is 1. The van der Waals surface area contributed by atoms with Gasteiger partial charge in [0.2, 0.25) is 0 Å². The maximum atomic E-state index is 12.7. The molecule has 8 heteroatoms. The van der Waals surface area contributed by atoms with E-state index in [-0.39, 0.29) is 29.3 Å². The summed E-state index contributed by atoms with van der Waals surface area (Å²) in [4.78, 5) is 42.5.